The summed E-state index contributed by atoms with van der Waals surface area (Å²) in [7, 11) is 0. The molecule has 3 rings (SSSR count). The molecule has 3 heterocycles. The van der Waals surface area contributed by atoms with E-state index in [0.717, 1.165) is 43.3 Å². The van der Waals surface area contributed by atoms with E-state index in [-0.39, 0.29) is 6.67 Å². The van der Waals surface area contributed by atoms with Gasteiger partial charge < -0.3 is 9.64 Å². The molecule has 0 aromatic carbocycles. The van der Waals surface area contributed by atoms with E-state index in [1.165, 1.54) is 0 Å². The van der Waals surface area contributed by atoms with Crippen LogP contribution in [0.1, 0.15) is 12.1 Å². The molecule has 124 valence electrons. The predicted octanol–water partition coefficient (Wildman–Crippen LogP) is 1.03. The first-order valence-corrected chi connectivity index (χ1v) is 8.17. The number of fused-ring (bicyclic) bond motifs is 1. The van der Waals surface area contributed by atoms with E-state index in [4.69, 9.17) is 17.0 Å². The minimum absolute atomic E-state index is 0.301. The molecule has 0 amide bonds. The molecule has 0 bridgehead atoms. The summed E-state index contributed by atoms with van der Waals surface area (Å²) < 4.78 is 17.9. The normalized spacial score (nSPS) is 20.0. The van der Waals surface area contributed by atoms with Crippen LogP contribution in [0.4, 0.5) is 4.39 Å². The van der Waals surface area contributed by atoms with Crippen molar-refractivity contribution in [3.8, 4) is 5.75 Å². The second-order valence-electron chi connectivity index (χ2n) is 5.44. The van der Waals surface area contributed by atoms with E-state index in [2.05, 4.69) is 25.3 Å². The third-order valence-electron chi connectivity index (χ3n) is 3.99. The molecule has 6 nitrogen and oxygen atoms in total. The van der Waals surface area contributed by atoms with E-state index in [0.29, 0.717) is 24.7 Å². The van der Waals surface area contributed by atoms with Gasteiger partial charge in [-0.05, 0) is 24.4 Å². The topological polar surface area (TPSA) is 53.0 Å². The van der Waals surface area contributed by atoms with Crippen LogP contribution in [0.5, 0.6) is 5.75 Å². The second-order valence-corrected chi connectivity index (χ2v) is 5.83. The van der Waals surface area contributed by atoms with Crippen molar-refractivity contribution in [2.24, 2.45) is 5.10 Å². The van der Waals surface area contributed by atoms with Crippen LogP contribution in [0.15, 0.2) is 23.4 Å². The van der Waals surface area contributed by atoms with E-state index >= 15 is 0 Å². The molecule has 0 radical (unpaired) electrons. The zero-order valence-corrected chi connectivity index (χ0v) is 13.7. The van der Waals surface area contributed by atoms with E-state index < -0.39 is 0 Å². The molecule has 0 aliphatic carbocycles. The number of alkyl halides is 1. The van der Waals surface area contributed by atoms with Crippen LogP contribution in [-0.2, 0) is 0 Å². The lowest BCUT2D eigenvalue weighted by Crippen LogP contribution is -2.51. The number of rotatable bonds is 3. The van der Waals surface area contributed by atoms with Gasteiger partial charge in [0.2, 0.25) is 0 Å². The number of piperazine rings is 1. The number of hydrazone groups is 1. The number of pyridine rings is 1. The van der Waals surface area contributed by atoms with Gasteiger partial charge in [-0.2, -0.15) is 5.10 Å². The highest BCUT2D eigenvalue weighted by molar-refractivity contribution is 7.80. The van der Waals surface area contributed by atoms with Crippen molar-refractivity contribution in [1.82, 2.24) is 20.2 Å². The second kappa shape index (κ2) is 7.65. The Morgan fingerprint density at radius 2 is 2.22 bits per heavy atom. The summed E-state index contributed by atoms with van der Waals surface area (Å²) in [6, 6.07) is 3.73. The molecule has 2 aliphatic rings. The van der Waals surface area contributed by atoms with Gasteiger partial charge in [-0.3, -0.25) is 15.3 Å². The van der Waals surface area contributed by atoms with Gasteiger partial charge >= 0.3 is 0 Å². The molecule has 0 spiro atoms. The van der Waals surface area contributed by atoms with Crippen LogP contribution in [-0.4, -0.2) is 71.6 Å². The lowest BCUT2D eigenvalue weighted by atomic mass is 10.1. The first-order chi connectivity index (χ1) is 11.3. The summed E-state index contributed by atoms with van der Waals surface area (Å²) in [6.07, 6.45) is 2.43. The summed E-state index contributed by atoms with van der Waals surface area (Å²) in [4.78, 5) is 8.49. The van der Waals surface area contributed by atoms with Gasteiger partial charge in [0.05, 0.1) is 12.3 Å². The number of aromatic nitrogens is 1. The van der Waals surface area contributed by atoms with E-state index in [1.807, 2.05) is 12.1 Å². The number of hydrogen-bond acceptors (Lipinski definition) is 5. The Labute approximate surface area is 140 Å². The average molecular weight is 337 g/mol. The molecule has 0 saturated carbocycles. The zero-order valence-electron chi connectivity index (χ0n) is 12.9. The minimum atomic E-state index is -0.301. The Morgan fingerprint density at radius 1 is 1.39 bits per heavy atom. The van der Waals surface area contributed by atoms with E-state index in [9.17, 15) is 4.39 Å². The fourth-order valence-corrected chi connectivity index (χ4v) is 2.92. The summed E-state index contributed by atoms with van der Waals surface area (Å²) >= 11 is 5.41. The summed E-state index contributed by atoms with van der Waals surface area (Å²) in [5.74, 6) is 0.755. The van der Waals surface area contributed by atoms with Crippen LogP contribution in [0.2, 0.25) is 0 Å². The number of halogens is 1. The Balaban J connectivity index is 1.57. The van der Waals surface area contributed by atoms with Crippen LogP contribution >= 0.6 is 12.2 Å². The maximum atomic E-state index is 12.4. The van der Waals surface area contributed by atoms with Gasteiger partial charge in [0.15, 0.2) is 5.11 Å². The first-order valence-electron chi connectivity index (χ1n) is 7.76. The minimum Gasteiger partial charge on any atom is -0.491 e. The Morgan fingerprint density at radius 3 is 3.00 bits per heavy atom. The van der Waals surface area contributed by atoms with Crippen molar-refractivity contribution in [2.45, 2.75) is 6.42 Å². The van der Waals surface area contributed by atoms with Crippen LogP contribution in [0, 0.1) is 0 Å². The molecule has 1 saturated heterocycles. The molecule has 8 heteroatoms. The lowest BCUT2D eigenvalue weighted by molar-refractivity contribution is 0.170. The maximum absolute atomic E-state index is 12.4. The number of thiocarbonyl (C=S) groups is 1. The Hall–Kier alpha value is -1.80. The standard InChI is InChI=1S/C15H20FN5OS/c16-4-6-20-7-9-21(10-8-20)15(23)19-18-12-3-11-22-13-2-1-5-17-14(12)13/h1-2,5H,3-4,6-11H2,(H,19,23)/b18-12-. The predicted molar refractivity (Wildman–Crippen MR) is 90.6 cm³/mol. The molecule has 0 atom stereocenters. The molecular formula is C15H20FN5OS. The Bertz CT molecular complexity index is 589. The quantitative estimate of drug-likeness (QED) is 0.657. The molecule has 23 heavy (non-hydrogen) atoms. The van der Waals surface area contributed by atoms with Gasteiger partial charge in [0, 0.05) is 45.3 Å². The van der Waals surface area contributed by atoms with Gasteiger partial charge in [0.1, 0.15) is 18.1 Å². The fraction of sp³-hybridized carbons (Fsp3) is 0.533. The van der Waals surface area contributed by atoms with E-state index in [1.54, 1.807) is 6.20 Å². The fourth-order valence-electron chi connectivity index (χ4n) is 2.69. The van der Waals surface area contributed by atoms with Crippen molar-refractivity contribution in [3.63, 3.8) is 0 Å². The first kappa shape index (κ1) is 16.1. The van der Waals surface area contributed by atoms with Crippen LogP contribution in [0.25, 0.3) is 0 Å². The number of nitrogens with zero attached hydrogens (tertiary/aromatic N) is 4. The van der Waals surface area contributed by atoms with Crippen LogP contribution in [0.3, 0.4) is 0 Å². The van der Waals surface area contributed by atoms with Gasteiger partial charge in [0.25, 0.3) is 0 Å². The number of ether oxygens (including phenoxy) is 1. The molecule has 0 unspecified atom stereocenters. The molecule has 1 fully saturated rings. The largest absolute Gasteiger partial charge is 0.491 e. The third-order valence-corrected chi connectivity index (χ3v) is 4.34. The monoisotopic (exact) mass is 337 g/mol. The highest BCUT2D eigenvalue weighted by Gasteiger charge is 2.20. The zero-order chi connectivity index (χ0) is 16.1. The van der Waals surface area contributed by atoms with Gasteiger partial charge in [-0.25, -0.2) is 4.39 Å². The third kappa shape index (κ3) is 3.94. The molecule has 1 aromatic heterocycles. The molecule has 2 aliphatic heterocycles. The lowest BCUT2D eigenvalue weighted by Gasteiger charge is -2.35. The average Bonchev–Trinajstić information content (AvgIpc) is 2.60. The van der Waals surface area contributed by atoms with Crippen molar-refractivity contribution in [1.29, 1.82) is 0 Å². The van der Waals surface area contributed by atoms with Gasteiger partial charge in [-0.15, -0.1) is 0 Å². The van der Waals surface area contributed by atoms with Crippen molar-refractivity contribution in [2.75, 3.05) is 46.0 Å². The smallest absolute Gasteiger partial charge is 0.189 e. The highest BCUT2D eigenvalue weighted by atomic mass is 32.1. The SMILES string of the molecule is FCCN1CCN(C(=S)N/N=C2/CCOc3cccnc32)CC1. The van der Waals surface area contributed by atoms with Crippen molar-refractivity contribution < 1.29 is 9.13 Å². The van der Waals surface area contributed by atoms with Gasteiger partial charge in [-0.1, -0.05) is 0 Å². The summed E-state index contributed by atoms with van der Waals surface area (Å²) in [6.45, 7) is 4.00. The molecule has 1 aromatic rings. The maximum Gasteiger partial charge on any atom is 0.189 e. The Kier molecular flexibility index (Phi) is 5.35. The van der Waals surface area contributed by atoms with Crippen molar-refractivity contribution in [3.05, 3.63) is 24.0 Å². The number of nitrogens with one attached hydrogen (secondary N) is 1. The van der Waals surface area contributed by atoms with Crippen molar-refractivity contribution >= 4 is 23.0 Å². The van der Waals surface area contributed by atoms with Crippen LogP contribution < -0.4 is 10.2 Å². The summed E-state index contributed by atoms with van der Waals surface area (Å²) in [5, 5.41) is 5.02. The molecule has 1 N–H and O–H groups in total. The highest BCUT2D eigenvalue weighted by Crippen LogP contribution is 2.21. The number of hydrogen-bond donors (Lipinski definition) is 1. The molecular weight excluding hydrogens is 317 g/mol. The summed E-state index contributed by atoms with van der Waals surface area (Å²) in [5.41, 5.74) is 4.58.